The first-order valence-electron chi connectivity index (χ1n) is 13.6. The van der Waals surface area contributed by atoms with E-state index >= 15 is 0 Å². The summed E-state index contributed by atoms with van der Waals surface area (Å²) in [6.45, 7) is 1.83. The minimum absolute atomic E-state index is 0.135. The number of hydrogen-bond donors (Lipinski definition) is 4. The van der Waals surface area contributed by atoms with Gasteiger partial charge in [-0.3, -0.25) is 15.1 Å². The molecule has 4 heterocycles. The molecule has 4 N–H and O–H groups in total. The molecule has 0 bridgehead atoms. The summed E-state index contributed by atoms with van der Waals surface area (Å²) in [6, 6.07) is 13.8. The van der Waals surface area contributed by atoms with Gasteiger partial charge in [0.2, 0.25) is 0 Å². The zero-order valence-corrected chi connectivity index (χ0v) is 21.8. The lowest BCUT2D eigenvalue weighted by Crippen LogP contribution is -2.20. The molecule has 0 atom stereocenters. The van der Waals surface area contributed by atoms with Crippen LogP contribution in [0.5, 0.6) is 5.75 Å². The van der Waals surface area contributed by atoms with Crippen molar-refractivity contribution in [3.8, 4) is 39.7 Å². The number of phenols is 1. The van der Waals surface area contributed by atoms with Crippen LogP contribution in [-0.2, 0) is 6.54 Å². The highest BCUT2D eigenvalue weighted by Gasteiger charge is 2.17. The molecule has 1 aliphatic carbocycles. The Kier molecular flexibility index (Phi) is 6.20. The molecule has 4 aromatic heterocycles. The van der Waals surface area contributed by atoms with Gasteiger partial charge in [-0.2, -0.15) is 5.10 Å². The number of imidazole rings is 1. The number of phenolic OH excluding ortho intramolecular Hbond substituents is 1. The lowest BCUT2D eigenvalue weighted by Gasteiger charge is -2.11. The standard InChI is InChI=1S/C31H28FN7O/c32-22-9-20(10-23(40)11-22)24-6-3-7-26-29(24)37-31(36-26)30-25-12-27(35-17-28(25)38-39-30)21-8-19(15-34-16-21)14-33-13-18-4-1-2-5-18/h3,6-12,15-18,33,40H,1-2,4-5,13-14H2,(H,36,37)(H,38,39). The second-order valence-electron chi connectivity index (χ2n) is 10.5. The maximum atomic E-state index is 14.0. The van der Waals surface area contributed by atoms with Crippen molar-refractivity contribution >= 4 is 21.9 Å². The predicted molar refractivity (Wildman–Crippen MR) is 153 cm³/mol. The lowest BCUT2D eigenvalue weighted by atomic mass is 10.0. The third-order valence-electron chi connectivity index (χ3n) is 7.71. The van der Waals surface area contributed by atoms with Gasteiger partial charge >= 0.3 is 0 Å². The molecule has 8 nitrogen and oxygen atoms in total. The van der Waals surface area contributed by atoms with Crippen molar-refractivity contribution in [2.75, 3.05) is 6.54 Å². The summed E-state index contributed by atoms with van der Waals surface area (Å²) in [4.78, 5) is 17.3. The van der Waals surface area contributed by atoms with Gasteiger partial charge in [0.25, 0.3) is 0 Å². The van der Waals surface area contributed by atoms with Crippen LogP contribution in [0.4, 0.5) is 4.39 Å². The number of para-hydroxylation sites is 1. The van der Waals surface area contributed by atoms with Gasteiger partial charge in [0.1, 0.15) is 17.3 Å². The van der Waals surface area contributed by atoms with Crippen LogP contribution < -0.4 is 5.32 Å². The summed E-state index contributed by atoms with van der Waals surface area (Å²) in [5.41, 5.74) is 7.00. The number of aromatic hydroxyl groups is 1. The molecule has 0 saturated heterocycles. The molecule has 1 aliphatic rings. The topological polar surface area (TPSA) is 115 Å². The van der Waals surface area contributed by atoms with Crippen LogP contribution in [0.2, 0.25) is 0 Å². The van der Waals surface area contributed by atoms with E-state index < -0.39 is 5.82 Å². The van der Waals surface area contributed by atoms with Crippen molar-refractivity contribution in [1.29, 1.82) is 0 Å². The first kappa shape index (κ1) is 24.4. The Labute approximate surface area is 229 Å². The molecule has 40 heavy (non-hydrogen) atoms. The maximum Gasteiger partial charge on any atom is 0.159 e. The van der Waals surface area contributed by atoms with Gasteiger partial charge in [0.05, 0.1) is 28.4 Å². The molecule has 0 radical (unpaired) electrons. The summed E-state index contributed by atoms with van der Waals surface area (Å²) < 4.78 is 14.0. The largest absolute Gasteiger partial charge is 0.508 e. The van der Waals surface area contributed by atoms with Crippen LogP contribution in [0.15, 0.2) is 67.1 Å². The van der Waals surface area contributed by atoms with Gasteiger partial charge in [-0.25, -0.2) is 9.37 Å². The van der Waals surface area contributed by atoms with Crippen LogP contribution in [0, 0.1) is 11.7 Å². The molecule has 6 aromatic rings. The molecule has 1 fully saturated rings. The van der Waals surface area contributed by atoms with Crippen molar-refractivity contribution in [3.05, 3.63) is 78.5 Å². The predicted octanol–water partition coefficient (Wildman–Crippen LogP) is 6.35. The minimum atomic E-state index is -0.510. The van der Waals surface area contributed by atoms with Gasteiger partial charge in [-0.15, -0.1) is 0 Å². The monoisotopic (exact) mass is 533 g/mol. The number of hydrogen-bond acceptors (Lipinski definition) is 6. The molecule has 1 saturated carbocycles. The average Bonchev–Trinajstić information content (AvgIpc) is 3.71. The van der Waals surface area contributed by atoms with Crippen LogP contribution in [0.1, 0.15) is 31.2 Å². The average molecular weight is 534 g/mol. The van der Waals surface area contributed by atoms with Crippen LogP contribution >= 0.6 is 0 Å². The zero-order valence-electron chi connectivity index (χ0n) is 21.8. The minimum Gasteiger partial charge on any atom is -0.508 e. The lowest BCUT2D eigenvalue weighted by molar-refractivity contribution is 0.469. The van der Waals surface area contributed by atoms with E-state index in [0.29, 0.717) is 28.2 Å². The van der Waals surface area contributed by atoms with Crippen LogP contribution in [0.25, 0.3) is 55.8 Å². The molecular formula is C31H28FN7O. The van der Waals surface area contributed by atoms with Crippen molar-refractivity contribution in [2.45, 2.75) is 32.2 Å². The molecule has 0 aliphatic heterocycles. The van der Waals surface area contributed by atoms with Gasteiger partial charge in [0.15, 0.2) is 5.82 Å². The Hall–Kier alpha value is -4.63. The van der Waals surface area contributed by atoms with Crippen LogP contribution in [0.3, 0.4) is 0 Å². The normalized spacial score (nSPS) is 14.0. The molecule has 0 unspecified atom stereocenters. The van der Waals surface area contributed by atoms with Gasteiger partial charge in [-0.1, -0.05) is 25.0 Å². The van der Waals surface area contributed by atoms with E-state index in [1.54, 1.807) is 6.20 Å². The Morgan fingerprint density at radius 2 is 1.88 bits per heavy atom. The molecule has 0 spiro atoms. The van der Waals surface area contributed by atoms with E-state index in [1.165, 1.54) is 37.8 Å². The smallest absolute Gasteiger partial charge is 0.159 e. The highest BCUT2D eigenvalue weighted by atomic mass is 19.1. The molecule has 0 amide bonds. The summed E-state index contributed by atoms with van der Waals surface area (Å²) in [6.07, 6.45) is 10.8. The molecule has 7 rings (SSSR count). The van der Waals surface area contributed by atoms with Gasteiger partial charge in [-0.05, 0) is 66.8 Å². The van der Waals surface area contributed by atoms with E-state index in [-0.39, 0.29) is 5.75 Å². The van der Waals surface area contributed by atoms with E-state index in [1.807, 2.05) is 36.7 Å². The molecule has 200 valence electrons. The van der Waals surface area contributed by atoms with Crippen molar-refractivity contribution in [1.82, 2.24) is 35.5 Å². The second-order valence-corrected chi connectivity index (χ2v) is 10.5. The number of aromatic nitrogens is 6. The first-order valence-corrected chi connectivity index (χ1v) is 13.6. The van der Waals surface area contributed by atoms with Gasteiger partial charge < -0.3 is 15.4 Å². The van der Waals surface area contributed by atoms with Crippen molar-refractivity contribution < 1.29 is 9.50 Å². The fraction of sp³-hybridized carbons (Fsp3) is 0.226. The highest BCUT2D eigenvalue weighted by Crippen LogP contribution is 2.34. The fourth-order valence-electron chi connectivity index (χ4n) is 5.72. The number of H-pyrrole nitrogens is 2. The number of nitrogens with zero attached hydrogens (tertiary/aromatic N) is 4. The number of rotatable bonds is 7. The third kappa shape index (κ3) is 4.69. The number of benzene rings is 2. The number of nitrogens with one attached hydrogen (secondary N) is 3. The van der Waals surface area contributed by atoms with Crippen molar-refractivity contribution in [2.24, 2.45) is 5.92 Å². The SMILES string of the molecule is Oc1cc(F)cc(-c2cccc3[nH]c(-c4n[nH]c5cnc(-c6cncc(CNCC7CCCC7)c6)cc45)nc23)c1. The molecule has 2 aromatic carbocycles. The first-order chi connectivity index (χ1) is 19.6. The Morgan fingerprint density at radius 3 is 2.75 bits per heavy atom. The highest BCUT2D eigenvalue weighted by molar-refractivity contribution is 5.97. The number of aromatic amines is 2. The van der Waals surface area contributed by atoms with Gasteiger partial charge in [0, 0.05) is 41.5 Å². The Bertz CT molecular complexity index is 1820. The summed E-state index contributed by atoms with van der Waals surface area (Å²) in [5, 5.41) is 22.0. The number of halogens is 1. The van der Waals surface area contributed by atoms with E-state index in [0.717, 1.165) is 58.3 Å². The maximum absolute atomic E-state index is 14.0. The second kappa shape index (κ2) is 10.2. The van der Waals surface area contributed by atoms with Crippen LogP contribution in [-0.4, -0.2) is 41.8 Å². The number of fused-ring (bicyclic) bond motifs is 2. The number of pyridine rings is 2. The summed E-state index contributed by atoms with van der Waals surface area (Å²) in [7, 11) is 0. The van der Waals surface area contributed by atoms with E-state index in [2.05, 4.69) is 36.5 Å². The summed E-state index contributed by atoms with van der Waals surface area (Å²) >= 11 is 0. The zero-order chi connectivity index (χ0) is 27.1. The fourth-order valence-corrected chi connectivity index (χ4v) is 5.72. The van der Waals surface area contributed by atoms with E-state index in [4.69, 9.17) is 4.98 Å². The Balaban J connectivity index is 1.21. The Morgan fingerprint density at radius 1 is 0.975 bits per heavy atom. The molecule has 9 heteroatoms. The van der Waals surface area contributed by atoms with E-state index in [9.17, 15) is 9.50 Å². The molecular weight excluding hydrogens is 505 g/mol. The quantitative estimate of drug-likeness (QED) is 0.190. The third-order valence-corrected chi connectivity index (χ3v) is 7.71. The summed E-state index contributed by atoms with van der Waals surface area (Å²) in [5.74, 6) is 0.720. The van der Waals surface area contributed by atoms with Crippen molar-refractivity contribution in [3.63, 3.8) is 0 Å².